The molecule has 0 bridgehead atoms. The molecule has 1 aliphatic heterocycles. The highest BCUT2D eigenvalue weighted by Gasteiger charge is 2.36. The molecule has 1 saturated heterocycles. The van der Waals surface area contributed by atoms with Gasteiger partial charge in [-0.2, -0.15) is 0 Å². The maximum absolute atomic E-state index is 11.9. The molecule has 1 saturated carbocycles. The van der Waals surface area contributed by atoms with Gasteiger partial charge in [-0.1, -0.05) is 19.3 Å². The van der Waals surface area contributed by atoms with Crippen LogP contribution in [0.15, 0.2) is 0 Å². The Balaban J connectivity index is 2.04. The minimum Gasteiger partial charge on any atom is -0.394 e. The van der Waals surface area contributed by atoms with Gasteiger partial charge in [0.1, 0.15) is 6.04 Å². The van der Waals surface area contributed by atoms with Crippen LogP contribution in [0.4, 0.5) is 0 Å². The number of piperazine rings is 1. The monoisotopic (exact) mass is 226 g/mol. The van der Waals surface area contributed by atoms with Gasteiger partial charge in [0.25, 0.3) is 0 Å². The first kappa shape index (κ1) is 11.9. The standard InChI is InChI=1S/C12H22N2O2/c1-13-7-8-14(11(9-15)12(13)16)10-5-3-2-4-6-10/h10-11,15H,2-9H2,1H3. The Labute approximate surface area is 97.2 Å². The summed E-state index contributed by atoms with van der Waals surface area (Å²) in [5.41, 5.74) is 0. The molecule has 0 aromatic rings. The Morgan fingerprint density at radius 3 is 2.56 bits per heavy atom. The maximum atomic E-state index is 11.9. The summed E-state index contributed by atoms with van der Waals surface area (Å²) in [5.74, 6) is 0.0827. The van der Waals surface area contributed by atoms with Crippen molar-refractivity contribution in [3.63, 3.8) is 0 Å². The summed E-state index contributed by atoms with van der Waals surface area (Å²) in [6.45, 7) is 1.67. The van der Waals surface area contributed by atoms with Crippen LogP contribution in [0.5, 0.6) is 0 Å². The van der Waals surface area contributed by atoms with E-state index < -0.39 is 0 Å². The third-order valence-corrected chi connectivity index (χ3v) is 3.97. The average Bonchev–Trinajstić information content (AvgIpc) is 2.33. The van der Waals surface area contributed by atoms with E-state index in [0.29, 0.717) is 6.04 Å². The van der Waals surface area contributed by atoms with Gasteiger partial charge in [-0.3, -0.25) is 9.69 Å². The molecule has 1 N–H and O–H groups in total. The minimum absolute atomic E-state index is 0.0420. The minimum atomic E-state index is -0.290. The van der Waals surface area contributed by atoms with Crippen LogP contribution >= 0.6 is 0 Å². The first-order chi connectivity index (χ1) is 7.74. The predicted octanol–water partition coefficient (Wildman–Crippen LogP) is 0.454. The molecule has 1 unspecified atom stereocenters. The number of hydrogen-bond donors (Lipinski definition) is 1. The number of amides is 1. The number of rotatable bonds is 2. The van der Waals surface area contributed by atoms with Crippen LogP contribution in [0.25, 0.3) is 0 Å². The third kappa shape index (κ3) is 2.23. The molecule has 2 fully saturated rings. The van der Waals surface area contributed by atoms with E-state index >= 15 is 0 Å². The lowest BCUT2D eigenvalue weighted by molar-refractivity contribution is -0.144. The van der Waals surface area contributed by atoms with Gasteiger partial charge < -0.3 is 10.0 Å². The second kappa shape index (κ2) is 5.15. The zero-order valence-corrected chi connectivity index (χ0v) is 10.1. The van der Waals surface area contributed by atoms with Crippen molar-refractivity contribution in [1.82, 2.24) is 9.80 Å². The van der Waals surface area contributed by atoms with Gasteiger partial charge in [-0.15, -0.1) is 0 Å². The van der Waals surface area contributed by atoms with Crippen molar-refractivity contribution in [3.8, 4) is 0 Å². The summed E-state index contributed by atoms with van der Waals surface area (Å²) in [5, 5.41) is 9.39. The quantitative estimate of drug-likeness (QED) is 0.743. The van der Waals surface area contributed by atoms with Gasteiger partial charge in [0.05, 0.1) is 6.61 Å². The van der Waals surface area contributed by atoms with E-state index in [1.807, 2.05) is 7.05 Å². The molecule has 0 radical (unpaired) electrons. The molecule has 4 heteroatoms. The number of nitrogens with zero attached hydrogens (tertiary/aromatic N) is 2. The molecule has 2 rings (SSSR count). The van der Waals surface area contributed by atoms with Crippen molar-refractivity contribution >= 4 is 5.91 Å². The predicted molar refractivity (Wildman–Crippen MR) is 62.1 cm³/mol. The number of hydrogen-bond acceptors (Lipinski definition) is 3. The number of carbonyl (C=O) groups is 1. The smallest absolute Gasteiger partial charge is 0.242 e. The Morgan fingerprint density at radius 2 is 1.94 bits per heavy atom. The summed E-state index contributed by atoms with van der Waals surface area (Å²) < 4.78 is 0. The fourth-order valence-corrected chi connectivity index (χ4v) is 2.96. The topological polar surface area (TPSA) is 43.8 Å². The summed E-state index contributed by atoms with van der Waals surface area (Å²) >= 11 is 0. The van der Waals surface area contributed by atoms with Crippen molar-refractivity contribution in [1.29, 1.82) is 0 Å². The van der Waals surface area contributed by atoms with Crippen molar-refractivity contribution in [2.24, 2.45) is 0 Å². The number of carbonyl (C=O) groups excluding carboxylic acids is 1. The van der Waals surface area contributed by atoms with Crippen LogP contribution < -0.4 is 0 Å². The lowest BCUT2D eigenvalue weighted by atomic mass is 9.92. The molecule has 2 aliphatic rings. The van der Waals surface area contributed by atoms with E-state index in [2.05, 4.69) is 4.90 Å². The normalized spacial score (nSPS) is 29.8. The first-order valence-corrected chi connectivity index (χ1v) is 6.35. The molecule has 4 nitrogen and oxygen atoms in total. The summed E-state index contributed by atoms with van der Waals surface area (Å²) in [6, 6.07) is 0.227. The van der Waals surface area contributed by atoms with Gasteiger partial charge >= 0.3 is 0 Å². The fraction of sp³-hybridized carbons (Fsp3) is 0.917. The lowest BCUT2D eigenvalue weighted by Gasteiger charge is -2.44. The molecule has 16 heavy (non-hydrogen) atoms. The van der Waals surface area contributed by atoms with Crippen molar-refractivity contribution < 1.29 is 9.90 Å². The molecule has 1 atom stereocenters. The molecule has 0 aromatic carbocycles. The van der Waals surface area contributed by atoms with Gasteiger partial charge in [-0.25, -0.2) is 0 Å². The van der Waals surface area contributed by atoms with E-state index in [4.69, 9.17) is 0 Å². The summed E-state index contributed by atoms with van der Waals surface area (Å²) in [7, 11) is 1.82. The second-order valence-corrected chi connectivity index (χ2v) is 4.99. The number of likely N-dealkylation sites (N-methyl/N-ethyl adjacent to an activating group) is 1. The van der Waals surface area contributed by atoms with Crippen LogP contribution in [0.3, 0.4) is 0 Å². The van der Waals surface area contributed by atoms with E-state index in [0.717, 1.165) is 13.1 Å². The Bertz CT molecular complexity index is 251. The number of aliphatic hydroxyl groups is 1. The lowest BCUT2D eigenvalue weighted by Crippen LogP contribution is -2.60. The van der Waals surface area contributed by atoms with E-state index in [-0.39, 0.29) is 18.6 Å². The highest BCUT2D eigenvalue weighted by atomic mass is 16.3. The SMILES string of the molecule is CN1CCN(C2CCCCC2)C(CO)C1=O. The largest absolute Gasteiger partial charge is 0.394 e. The Hall–Kier alpha value is -0.610. The van der Waals surface area contributed by atoms with E-state index in [9.17, 15) is 9.90 Å². The van der Waals surface area contributed by atoms with E-state index in [1.165, 1.54) is 32.1 Å². The van der Waals surface area contributed by atoms with Gasteiger partial charge in [0.2, 0.25) is 5.91 Å². The first-order valence-electron chi connectivity index (χ1n) is 6.35. The highest BCUT2D eigenvalue weighted by Crippen LogP contribution is 2.25. The molecule has 0 spiro atoms. The van der Waals surface area contributed by atoms with Gasteiger partial charge in [0.15, 0.2) is 0 Å². The Kier molecular flexibility index (Phi) is 3.82. The molecule has 1 amide bonds. The van der Waals surface area contributed by atoms with Crippen LogP contribution in [0.2, 0.25) is 0 Å². The molecule has 0 aromatic heterocycles. The molecular weight excluding hydrogens is 204 g/mol. The van der Waals surface area contributed by atoms with Crippen LogP contribution in [0, 0.1) is 0 Å². The van der Waals surface area contributed by atoms with Crippen molar-refractivity contribution in [2.75, 3.05) is 26.7 Å². The third-order valence-electron chi connectivity index (χ3n) is 3.97. The zero-order valence-electron chi connectivity index (χ0n) is 10.1. The van der Waals surface area contributed by atoms with Gasteiger partial charge in [0, 0.05) is 26.2 Å². The summed E-state index contributed by atoms with van der Waals surface area (Å²) in [6.07, 6.45) is 6.23. The van der Waals surface area contributed by atoms with E-state index in [1.54, 1.807) is 4.90 Å². The molecule has 1 heterocycles. The molecule has 1 aliphatic carbocycles. The molecule has 92 valence electrons. The van der Waals surface area contributed by atoms with Crippen molar-refractivity contribution in [2.45, 2.75) is 44.2 Å². The van der Waals surface area contributed by atoms with Crippen molar-refractivity contribution in [3.05, 3.63) is 0 Å². The zero-order chi connectivity index (χ0) is 11.5. The van der Waals surface area contributed by atoms with Crippen LogP contribution in [-0.2, 0) is 4.79 Å². The fourth-order valence-electron chi connectivity index (χ4n) is 2.96. The van der Waals surface area contributed by atoms with Crippen LogP contribution in [-0.4, -0.2) is 59.6 Å². The maximum Gasteiger partial charge on any atom is 0.242 e. The van der Waals surface area contributed by atoms with Crippen LogP contribution in [0.1, 0.15) is 32.1 Å². The molecular formula is C12H22N2O2. The highest BCUT2D eigenvalue weighted by molar-refractivity contribution is 5.82. The summed E-state index contributed by atoms with van der Waals surface area (Å²) in [4.78, 5) is 15.9. The number of aliphatic hydroxyl groups excluding tert-OH is 1. The second-order valence-electron chi connectivity index (χ2n) is 4.99. The van der Waals surface area contributed by atoms with Gasteiger partial charge in [-0.05, 0) is 12.8 Å². The Morgan fingerprint density at radius 1 is 1.25 bits per heavy atom. The average molecular weight is 226 g/mol.